The fourth-order valence-corrected chi connectivity index (χ4v) is 3.98. The molecule has 1 fully saturated rings. The molecule has 3 nitrogen and oxygen atoms in total. The zero-order chi connectivity index (χ0) is 18.5. The third kappa shape index (κ3) is 4.25. The van der Waals surface area contributed by atoms with Gasteiger partial charge in [0, 0.05) is 30.7 Å². The molecule has 27 heavy (non-hydrogen) atoms. The van der Waals surface area contributed by atoms with Gasteiger partial charge in [-0.2, -0.15) is 0 Å². The SMILES string of the molecule is COc1ccc2c(CN3CCCCC3)cn(C/C=C/c3ccccc3)c2c1. The van der Waals surface area contributed by atoms with Crippen LogP contribution in [0.3, 0.4) is 0 Å². The Balaban J connectivity index is 1.60. The Morgan fingerprint density at radius 3 is 2.59 bits per heavy atom. The summed E-state index contributed by atoms with van der Waals surface area (Å²) in [7, 11) is 1.73. The molecule has 0 aliphatic carbocycles. The van der Waals surface area contributed by atoms with Gasteiger partial charge in [0.1, 0.15) is 5.75 Å². The third-order valence-corrected chi connectivity index (χ3v) is 5.43. The van der Waals surface area contributed by atoms with Gasteiger partial charge in [0.25, 0.3) is 0 Å². The maximum Gasteiger partial charge on any atom is 0.120 e. The first-order chi connectivity index (χ1) is 13.3. The first-order valence-corrected chi connectivity index (χ1v) is 9.93. The van der Waals surface area contributed by atoms with Crippen LogP contribution in [0.5, 0.6) is 5.75 Å². The predicted molar refractivity (Wildman–Crippen MR) is 113 cm³/mol. The van der Waals surface area contributed by atoms with E-state index >= 15 is 0 Å². The molecule has 0 radical (unpaired) electrons. The molecule has 3 aromatic rings. The Hall–Kier alpha value is -2.52. The topological polar surface area (TPSA) is 17.4 Å². The van der Waals surface area contributed by atoms with Crippen molar-refractivity contribution in [2.75, 3.05) is 20.2 Å². The van der Waals surface area contributed by atoms with Gasteiger partial charge in [0.2, 0.25) is 0 Å². The van der Waals surface area contributed by atoms with Crippen LogP contribution >= 0.6 is 0 Å². The van der Waals surface area contributed by atoms with Crippen LogP contribution in [0.15, 0.2) is 60.8 Å². The van der Waals surface area contributed by atoms with Gasteiger partial charge in [0.15, 0.2) is 0 Å². The van der Waals surface area contributed by atoms with Crippen molar-refractivity contribution in [1.29, 1.82) is 0 Å². The number of benzene rings is 2. The average molecular weight is 361 g/mol. The van der Waals surface area contributed by atoms with Crippen LogP contribution in [0, 0.1) is 0 Å². The van der Waals surface area contributed by atoms with E-state index in [9.17, 15) is 0 Å². The van der Waals surface area contributed by atoms with Crippen LogP contribution in [0.4, 0.5) is 0 Å². The highest BCUT2D eigenvalue weighted by Crippen LogP contribution is 2.27. The minimum Gasteiger partial charge on any atom is -0.497 e. The first kappa shape index (κ1) is 17.9. The highest BCUT2D eigenvalue weighted by Gasteiger charge is 2.15. The molecule has 2 heterocycles. The van der Waals surface area contributed by atoms with E-state index in [0.717, 1.165) is 18.8 Å². The van der Waals surface area contributed by atoms with E-state index in [-0.39, 0.29) is 0 Å². The van der Waals surface area contributed by atoms with Crippen LogP contribution in [0.1, 0.15) is 30.4 Å². The molecule has 1 aliphatic rings. The van der Waals surface area contributed by atoms with Crippen LogP contribution in [0.2, 0.25) is 0 Å². The van der Waals surface area contributed by atoms with E-state index in [2.05, 4.69) is 76.3 Å². The van der Waals surface area contributed by atoms with Gasteiger partial charge >= 0.3 is 0 Å². The smallest absolute Gasteiger partial charge is 0.120 e. The summed E-state index contributed by atoms with van der Waals surface area (Å²) in [5, 5.41) is 1.34. The van der Waals surface area contributed by atoms with E-state index < -0.39 is 0 Å². The Labute approximate surface area is 161 Å². The zero-order valence-corrected chi connectivity index (χ0v) is 16.1. The standard InChI is InChI=1S/C24H28N2O/c1-27-22-12-13-23-21(18-25-14-6-3-7-15-25)19-26(24(23)17-22)16-8-11-20-9-4-2-5-10-20/h2,4-5,8-13,17,19H,3,6-7,14-16,18H2,1H3/b11-8+. The molecule has 0 unspecified atom stereocenters. The first-order valence-electron chi connectivity index (χ1n) is 9.93. The normalized spacial score (nSPS) is 15.6. The van der Waals surface area contributed by atoms with Gasteiger partial charge < -0.3 is 9.30 Å². The molecule has 4 rings (SSSR count). The molecule has 0 atom stereocenters. The lowest BCUT2D eigenvalue weighted by atomic mass is 10.1. The Kier molecular flexibility index (Phi) is 5.59. The second-order valence-corrected chi connectivity index (χ2v) is 7.34. The second-order valence-electron chi connectivity index (χ2n) is 7.34. The van der Waals surface area contributed by atoms with Crippen LogP contribution in [-0.4, -0.2) is 29.7 Å². The van der Waals surface area contributed by atoms with E-state index in [4.69, 9.17) is 4.74 Å². The van der Waals surface area contributed by atoms with E-state index in [0.29, 0.717) is 0 Å². The molecule has 1 aromatic heterocycles. The Bertz CT molecular complexity index is 905. The van der Waals surface area contributed by atoms with Gasteiger partial charge in [-0.15, -0.1) is 0 Å². The van der Waals surface area contributed by atoms with Gasteiger partial charge in [0.05, 0.1) is 12.6 Å². The molecule has 3 heteroatoms. The lowest BCUT2D eigenvalue weighted by molar-refractivity contribution is 0.221. The van der Waals surface area contributed by atoms with Gasteiger partial charge in [-0.05, 0) is 49.2 Å². The van der Waals surface area contributed by atoms with Crippen molar-refractivity contribution >= 4 is 17.0 Å². The van der Waals surface area contributed by atoms with E-state index in [1.54, 1.807) is 7.11 Å². The number of aromatic nitrogens is 1. The number of fused-ring (bicyclic) bond motifs is 1. The summed E-state index contributed by atoms with van der Waals surface area (Å²) in [6, 6.07) is 16.9. The number of allylic oxidation sites excluding steroid dienone is 1. The molecule has 0 bridgehead atoms. The van der Waals surface area contributed by atoms with E-state index in [1.807, 2.05) is 0 Å². The predicted octanol–water partition coefficient (Wildman–Crippen LogP) is 5.35. The molecule has 0 amide bonds. The minimum absolute atomic E-state index is 0.860. The number of piperidine rings is 1. The number of ether oxygens (including phenoxy) is 1. The fraction of sp³-hybridized carbons (Fsp3) is 0.333. The number of nitrogens with zero attached hydrogens (tertiary/aromatic N) is 2. The molecule has 0 spiro atoms. The maximum absolute atomic E-state index is 5.47. The quantitative estimate of drug-likeness (QED) is 0.589. The Morgan fingerprint density at radius 1 is 1.00 bits per heavy atom. The van der Waals surface area contributed by atoms with Crippen molar-refractivity contribution < 1.29 is 4.74 Å². The molecule has 1 saturated heterocycles. The summed E-state index contributed by atoms with van der Waals surface area (Å²) in [6.45, 7) is 4.34. The largest absolute Gasteiger partial charge is 0.497 e. The van der Waals surface area contributed by atoms with E-state index in [1.165, 1.54) is 54.4 Å². The van der Waals surface area contributed by atoms with Crippen molar-refractivity contribution in [3.05, 3.63) is 71.9 Å². The fourth-order valence-electron chi connectivity index (χ4n) is 3.98. The Morgan fingerprint density at radius 2 is 1.81 bits per heavy atom. The lowest BCUT2D eigenvalue weighted by Crippen LogP contribution is -2.28. The summed E-state index contributed by atoms with van der Waals surface area (Å²) < 4.78 is 7.81. The molecule has 140 valence electrons. The maximum atomic E-state index is 5.47. The molecular formula is C24H28N2O. The lowest BCUT2D eigenvalue weighted by Gasteiger charge is -2.26. The highest BCUT2D eigenvalue weighted by molar-refractivity contribution is 5.85. The van der Waals surface area contributed by atoms with Crippen LogP contribution < -0.4 is 4.74 Å². The van der Waals surface area contributed by atoms with Crippen molar-refractivity contribution in [3.8, 4) is 5.75 Å². The molecule has 1 aliphatic heterocycles. The van der Waals surface area contributed by atoms with Gasteiger partial charge in [-0.3, -0.25) is 4.90 Å². The zero-order valence-electron chi connectivity index (χ0n) is 16.1. The van der Waals surface area contributed by atoms with Crippen LogP contribution in [0.25, 0.3) is 17.0 Å². The van der Waals surface area contributed by atoms with Gasteiger partial charge in [-0.25, -0.2) is 0 Å². The molecule has 0 N–H and O–H groups in total. The van der Waals surface area contributed by atoms with Gasteiger partial charge in [-0.1, -0.05) is 48.9 Å². The highest BCUT2D eigenvalue weighted by atomic mass is 16.5. The molecule has 2 aromatic carbocycles. The molecule has 0 saturated carbocycles. The molecular weight excluding hydrogens is 332 g/mol. The summed E-state index contributed by atoms with van der Waals surface area (Å²) in [5.74, 6) is 0.915. The monoisotopic (exact) mass is 360 g/mol. The summed E-state index contributed by atoms with van der Waals surface area (Å²) in [6.07, 6.45) is 10.8. The summed E-state index contributed by atoms with van der Waals surface area (Å²) in [5.41, 5.74) is 3.90. The average Bonchev–Trinajstić information content (AvgIpc) is 3.06. The van der Waals surface area contributed by atoms with Crippen molar-refractivity contribution in [2.45, 2.75) is 32.4 Å². The summed E-state index contributed by atoms with van der Waals surface area (Å²) in [4.78, 5) is 2.59. The number of methoxy groups -OCH3 is 1. The second kappa shape index (κ2) is 8.45. The van der Waals surface area contributed by atoms with Crippen molar-refractivity contribution in [3.63, 3.8) is 0 Å². The number of likely N-dealkylation sites (tertiary alicyclic amines) is 1. The minimum atomic E-state index is 0.860. The third-order valence-electron chi connectivity index (χ3n) is 5.43. The van der Waals surface area contributed by atoms with Crippen molar-refractivity contribution in [2.24, 2.45) is 0 Å². The number of hydrogen-bond acceptors (Lipinski definition) is 2. The number of hydrogen-bond donors (Lipinski definition) is 0. The number of rotatable bonds is 6. The van der Waals surface area contributed by atoms with Crippen molar-refractivity contribution in [1.82, 2.24) is 9.47 Å². The van der Waals surface area contributed by atoms with Crippen LogP contribution in [-0.2, 0) is 13.1 Å². The summed E-state index contributed by atoms with van der Waals surface area (Å²) >= 11 is 0.